The van der Waals surface area contributed by atoms with E-state index in [1.165, 1.54) is 0 Å². The van der Waals surface area contributed by atoms with Gasteiger partial charge < -0.3 is 22.0 Å². The summed E-state index contributed by atoms with van der Waals surface area (Å²) in [5, 5.41) is 18.9. The Morgan fingerprint density at radius 3 is 2.52 bits per heavy atom. The predicted octanol–water partition coefficient (Wildman–Crippen LogP) is 0.984. The van der Waals surface area contributed by atoms with Gasteiger partial charge in [0.25, 0.3) is 0 Å². The molecule has 0 bridgehead atoms. The maximum atomic E-state index is 11.1. The van der Waals surface area contributed by atoms with Gasteiger partial charge in [-0.3, -0.25) is 5.41 Å². The van der Waals surface area contributed by atoms with Crippen LogP contribution in [0, 0.1) is 5.41 Å². The number of carbonyl (C=O) groups is 1. The van der Waals surface area contributed by atoms with Crippen LogP contribution in [0.2, 0.25) is 10.0 Å². The summed E-state index contributed by atoms with van der Waals surface area (Å²) in [5.74, 6) is -0.971. The third-order valence-corrected chi connectivity index (χ3v) is 2.95. The van der Waals surface area contributed by atoms with Crippen LogP contribution >= 0.6 is 23.2 Å². The van der Waals surface area contributed by atoms with Gasteiger partial charge in [-0.2, -0.15) is 5.11 Å². The Morgan fingerprint density at radius 2 is 2.00 bits per heavy atom. The fraction of sp³-hybridized carbons (Fsp3) is 0.100. The van der Waals surface area contributed by atoms with E-state index in [4.69, 9.17) is 45.8 Å². The zero-order valence-electron chi connectivity index (χ0n) is 10.6. The van der Waals surface area contributed by atoms with E-state index in [1.54, 1.807) is 18.2 Å². The van der Waals surface area contributed by atoms with Crippen molar-refractivity contribution in [1.29, 1.82) is 5.41 Å². The van der Waals surface area contributed by atoms with Crippen molar-refractivity contribution in [2.45, 2.75) is 6.04 Å². The second-order valence-corrected chi connectivity index (χ2v) is 4.41. The molecule has 21 heavy (non-hydrogen) atoms. The summed E-state index contributed by atoms with van der Waals surface area (Å²) in [7, 11) is 0. The van der Waals surface area contributed by atoms with Crippen LogP contribution in [0.25, 0.3) is 0 Å². The van der Waals surface area contributed by atoms with Gasteiger partial charge in [-0.1, -0.05) is 40.5 Å². The molecule has 1 atom stereocenters. The number of nitrogens with zero attached hydrogens (tertiary/aromatic N) is 4. The van der Waals surface area contributed by atoms with Gasteiger partial charge in [0.1, 0.15) is 0 Å². The molecule has 0 amide bonds. The fourth-order valence-corrected chi connectivity index (χ4v) is 1.67. The molecule has 0 fully saturated rings. The molecule has 0 spiro atoms. The van der Waals surface area contributed by atoms with Gasteiger partial charge in [-0.25, -0.2) is 0 Å². The monoisotopic (exact) mass is 330 g/mol. The molecule has 112 valence electrons. The molecule has 11 heteroatoms. The van der Waals surface area contributed by atoms with E-state index in [1.807, 2.05) is 0 Å². The summed E-state index contributed by atoms with van der Waals surface area (Å²) in [4.78, 5) is 11.1. The van der Waals surface area contributed by atoms with Gasteiger partial charge in [0.2, 0.25) is 11.9 Å². The van der Waals surface area contributed by atoms with E-state index in [0.717, 1.165) is 0 Å². The Kier molecular flexibility index (Phi) is 5.88. The number of benzene rings is 1. The molecule has 0 saturated carbocycles. The number of hydrogen-bond acceptors (Lipinski definition) is 5. The minimum atomic E-state index is -1.05. The lowest BCUT2D eigenvalue weighted by atomic mass is 10.1. The van der Waals surface area contributed by atoms with Gasteiger partial charge in [0.15, 0.2) is 12.3 Å². The Labute approximate surface area is 129 Å². The van der Waals surface area contributed by atoms with E-state index in [9.17, 15) is 4.79 Å². The highest BCUT2D eigenvalue weighted by Gasteiger charge is 2.16. The second-order valence-electron chi connectivity index (χ2n) is 3.63. The number of rotatable bonds is 5. The van der Waals surface area contributed by atoms with Gasteiger partial charge in [-0.05, 0) is 11.3 Å². The number of guanidine groups is 2. The molecule has 0 heterocycles. The van der Waals surface area contributed by atoms with Crippen molar-refractivity contribution in [2.24, 2.45) is 32.6 Å². The van der Waals surface area contributed by atoms with Crippen LogP contribution in [0.3, 0.4) is 0 Å². The summed E-state index contributed by atoms with van der Waals surface area (Å²) in [6.07, 6.45) is 0.495. The van der Waals surface area contributed by atoms with Crippen molar-refractivity contribution in [2.75, 3.05) is 0 Å². The highest BCUT2D eigenvalue weighted by atomic mass is 35.5. The van der Waals surface area contributed by atoms with Gasteiger partial charge in [0.05, 0.1) is 10.0 Å². The molecule has 0 aliphatic rings. The van der Waals surface area contributed by atoms with Crippen LogP contribution in [0.4, 0.5) is 0 Å². The lowest BCUT2D eigenvalue weighted by Crippen LogP contribution is -2.33. The number of aldehydes is 1. The average Bonchev–Trinajstić information content (AvgIpc) is 2.41. The van der Waals surface area contributed by atoms with Crippen LogP contribution in [0.5, 0.6) is 0 Å². The van der Waals surface area contributed by atoms with Gasteiger partial charge in [-0.15, -0.1) is 5.10 Å². The number of nitrogens with one attached hydrogen (secondary N) is 1. The number of nitrogens with two attached hydrogens (primary N) is 3. The molecule has 0 aromatic heterocycles. The molecule has 9 nitrogen and oxygen atoms in total. The topological polar surface area (TPSA) is 159 Å². The molecule has 1 aromatic rings. The van der Waals surface area contributed by atoms with Crippen molar-refractivity contribution in [3.8, 4) is 0 Å². The zero-order chi connectivity index (χ0) is 16.0. The third kappa shape index (κ3) is 4.58. The van der Waals surface area contributed by atoms with E-state index < -0.39 is 12.0 Å². The van der Waals surface area contributed by atoms with Crippen molar-refractivity contribution >= 4 is 41.4 Å². The SMILES string of the molecule is N=C(N)N(N=NC(C=O)c1cccc(Cl)c1Cl)N=C(N)N. The molecule has 0 aliphatic heterocycles. The van der Waals surface area contributed by atoms with E-state index in [2.05, 4.69) is 15.4 Å². The lowest BCUT2D eigenvalue weighted by Gasteiger charge is -2.11. The van der Waals surface area contributed by atoms with Crippen LogP contribution < -0.4 is 17.2 Å². The third-order valence-electron chi connectivity index (χ3n) is 2.12. The largest absolute Gasteiger partial charge is 0.369 e. The Balaban J connectivity index is 3.08. The number of hydrogen-bond donors (Lipinski definition) is 4. The van der Waals surface area contributed by atoms with Gasteiger partial charge in [0, 0.05) is 5.56 Å². The van der Waals surface area contributed by atoms with Crippen LogP contribution in [-0.2, 0) is 4.79 Å². The molecule has 7 N–H and O–H groups in total. The van der Waals surface area contributed by atoms with Crippen molar-refractivity contribution in [1.82, 2.24) is 5.12 Å². The quantitative estimate of drug-likeness (QED) is 0.208. The summed E-state index contributed by atoms with van der Waals surface area (Å²) >= 11 is 11.8. The second kappa shape index (κ2) is 7.41. The highest BCUT2D eigenvalue weighted by Crippen LogP contribution is 2.30. The molecule has 0 saturated heterocycles. The summed E-state index contributed by atoms with van der Waals surface area (Å²) in [5.41, 5.74) is 15.8. The fourth-order valence-electron chi connectivity index (χ4n) is 1.25. The average molecular weight is 331 g/mol. The first-order valence-electron chi connectivity index (χ1n) is 5.40. The van der Waals surface area contributed by atoms with Crippen LogP contribution in [-0.4, -0.2) is 23.3 Å². The Morgan fingerprint density at radius 1 is 1.33 bits per heavy atom. The Hall–Kier alpha value is -2.39. The first kappa shape index (κ1) is 16.7. The highest BCUT2D eigenvalue weighted by molar-refractivity contribution is 6.42. The first-order chi connectivity index (χ1) is 9.86. The predicted molar refractivity (Wildman–Crippen MR) is 79.7 cm³/mol. The summed E-state index contributed by atoms with van der Waals surface area (Å²) < 4.78 is 0. The lowest BCUT2D eigenvalue weighted by molar-refractivity contribution is -0.109. The molecular formula is C10H12Cl2N8O. The molecule has 0 aliphatic carbocycles. The molecule has 1 aromatic carbocycles. The van der Waals surface area contributed by atoms with Crippen molar-refractivity contribution < 1.29 is 4.79 Å². The van der Waals surface area contributed by atoms with E-state index in [-0.39, 0.29) is 16.0 Å². The van der Waals surface area contributed by atoms with E-state index >= 15 is 0 Å². The summed E-state index contributed by atoms with van der Waals surface area (Å²) in [6, 6.07) is 3.68. The zero-order valence-corrected chi connectivity index (χ0v) is 12.1. The number of hydrazone groups is 1. The standard InChI is InChI=1S/C10H12Cl2N8O/c11-6-3-1-2-5(8(6)12)7(4-21)17-19-20(10(15)16)18-9(13)14/h1-4,7H,(H3,15,16)(H4,13,14,18). The maximum Gasteiger partial charge on any atom is 0.234 e. The smallest absolute Gasteiger partial charge is 0.234 e. The van der Waals surface area contributed by atoms with Gasteiger partial charge >= 0.3 is 0 Å². The van der Waals surface area contributed by atoms with Crippen LogP contribution in [0.15, 0.2) is 33.6 Å². The molecule has 1 rings (SSSR count). The first-order valence-corrected chi connectivity index (χ1v) is 6.16. The molecule has 0 radical (unpaired) electrons. The molecule has 1 unspecified atom stereocenters. The maximum absolute atomic E-state index is 11.1. The van der Waals surface area contributed by atoms with E-state index in [0.29, 0.717) is 17.0 Å². The normalized spacial score (nSPS) is 11.9. The number of carbonyl (C=O) groups excluding carboxylic acids is 1. The van der Waals surface area contributed by atoms with Crippen molar-refractivity contribution in [3.05, 3.63) is 33.8 Å². The summed E-state index contributed by atoms with van der Waals surface area (Å²) in [6.45, 7) is 0. The van der Waals surface area contributed by atoms with Crippen LogP contribution in [0.1, 0.15) is 11.6 Å². The molecular weight excluding hydrogens is 319 g/mol. The Bertz CT molecular complexity index is 599. The minimum absolute atomic E-state index is 0.173. The van der Waals surface area contributed by atoms with Crippen molar-refractivity contribution in [3.63, 3.8) is 0 Å². The minimum Gasteiger partial charge on any atom is -0.369 e. The number of halogens is 2.